The maximum absolute atomic E-state index is 10.9. The molecule has 0 aromatic carbocycles. The second kappa shape index (κ2) is 4.99. The molecule has 1 aliphatic carbocycles. The van der Waals surface area contributed by atoms with Crippen LogP contribution < -0.4 is 0 Å². The van der Waals surface area contributed by atoms with Gasteiger partial charge in [0.25, 0.3) is 0 Å². The summed E-state index contributed by atoms with van der Waals surface area (Å²) in [7, 11) is 0. The van der Waals surface area contributed by atoms with E-state index in [1.54, 1.807) is 10.6 Å². The summed E-state index contributed by atoms with van der Waals surface area (Å²) in [5.74, 6) is 0.183. The molecule has 5 heteroatoms. The summed E-state index contributed by atoms with van der Waals surface area (Å²) in [5.41, 5.74) is 1.06. The number of fused-ring (bicyclic) bond motifs is 1. The van der Waals surface area contributed by atoms with E-state index in [1.807, 2.05) is 6.20 Å². The zero-order valence-corrected chi connectivity index (χ0v) is 10.7. The zero-order valence-electron chi connectivity index (χ0n) is 10.7. The van der Waals surface area contributed by atoms with Crippen LogP contribution in [0.25, 0.3) is 5.78 Å². The molecule has 0 amide bonds. The number of carboxylic acid groups (broad SMARTS) is 1. The van der Waals surface area contributed by atoms with Gasteiger partial charge in [0.15, 0.2) is 5.69 Å². The lowest BCUT2D eigenvalue weighted by atomic mass is 9.86. The number of rotatable bonds is 3. The van der Waals surface area contributed by atoms with Gasteiger partial charge in [-0.1, -0.05) is 32.1 Å². The van der Waals surface area contributed by atoms with Gasteiger partial charge in [0.05, 0.1) is 5.69 Å². The maximum Gasteiger partial charge on any atom is 0.354 e. The van der Waals surface area contributed by atoms with E-state index < -0.39 is 5.97 Å². The van der Waals surface area contributed by atoms with Crippen LogP contribution in [-0.2, 0) is 6.42 Å². The van der Waals surface area contributed by atoms with Gasteiger partial charge in [0.1, 0.15) is 0 Å². The van der Waals surface area contributed by atoms with Crippen molar-refractivity contribution in [3.63, 3.8) is 0 Å². The third kappa shape index (κ3) is 2.59. The lowest BCUT2D eigenvalue weighted by Crippen LogP contribution is -2.09. The smallest absolute Gasteiger partial charge is 0.354 e. The molecule has 3 rings (SSSR count). The summed E-state index contributed by atoms with van der Waals surface area (Å²) in [4.78, 5) is 19.3. The van der Waals surface area contributed by atoms with E-state index in [2.05, 4.69) is 9.97 Å². The highest BCUT2D eigenvalue weighted by molar-refractivity contribution is 5.85. The molecule has 0 aliphatic heterocycles. The standard InChI is InChI=1S/C14H17N3O2/c18-13(19)12-6-7-17-9-11(15-14(17)16-12)8-10-4-2-1-3-5-10/h6-7,9-10H,1-5,8H2,(H,18,19). The molecule has 0 spiro atoms. The van der Waals surface area contributed by atoms with Crippen LogP contribution in [0, 0.1) is 5.92 Å². The fourth-order valence-electron chi connectivity index (χ4n) is 2.83. The van der Waals surface area contributed by atoms with Gasteiger partial charge < -0.3 is 5.11 Å². The third-order valence-electron chi connectivity index (χ3n) is 3.82. The van der Waals surface area contributed by atoms with Gasteiger partial charge in [-0.3, -0.25) is 4.40 Å². The van der Waals surface area contributed by atoms with Crippen molar-refractivity contribution in [2.45, 2.75) is 38.5 Å². The number of nitrogens with zero attached hydrogens (tertiary/aromatic N) is 3. The van der Waals surface area contributed by atoms with E-state index >= 15 is 0 Å². The average molecular weight is 259 g/mol. The monoisotopic (exact) mass is 259 g/mol. The summed E-state index contributed by atoms with van der Waals surface area (Å²) < 4.78 is 1.80. The van der Waals surface area contributed by atoms with Crippen LogP contribution in [0.15, 0.2) is 18.5 Å². The molecule has 2 aromatic rings. The first kappa shape index (κ1) is 12.1. The number of carboxylic acids is 1. The SMILES string of the molecule is O=C(O)c1ccn2cc(CC3CCCCC3)nc2n1. The predicted octanol–water partition coefficient (Wildman–Crippen LogP) is 2.55. The van der Waals surface area contributed by atoms with Gasteiger partial charge in [-0.15, -0.1) is 0 Å². The van der Waals surface area contributed by atoms with E-state index in [0.29, 0.717) is 5.78 Å². The van der Waals surface area contributed by atoms with Crippen molar-refractivity contribution < 1.29 is 9.90 Å². The van der Waals surface area contributed by atoms with E-state index in [9.17, 15) is 4.79 Å². The number of carbonyl (C=O) groups is 1. The minimum absolute atomic E-state index is 0.0438. The van der Waals surface area contributed by atoms with Gasteiger partial charge in [0.2, 0.25) is 5.78 Å². The van der Waals surface area contributed by atoms with Gasteiger partial charge in [0, 0.05) is 12.4 Å². The topological polar surface area (TPSA) is 67.5 Å². The first-order valence-electron chi connectivity index (χ1n) is 6.80. The van der Waals surface area contributed by atoms with Crippen molar-refractivity contribution in [1.82, 2.24) is 14.4 Å². The molecule has 0 radical (unpaired) electrons. The summed E-state index contributed by atoms with van der Waals surface area (Å²) in [5, 5.41) is 8.91. The average Bonchev–Trinajstić information content (AvgIpc) is 2.80. The number of aromatic nitrogens is 3. The largest absolute Gasteiger partial charge is 0.477 e. The molecule has 0 bridgehead atoms. The molecule has 1 N–H and O–H groups in total. The van der Waals surface area contributed by atoms with Crippen molar-refractivity contribution in [2.24, 2.45) is 5.92 Å². The molecule has 19 heavy (non-hydrogen) atoms. The predicted molar refractivity (Wildman–Crippen MR) is 70.2 cm³/mol. The second-order valence-corrected chi connectivity index (χ2v) is 5.27. The van der Waals surface area contributed by atoms with Crippen LogP contribution in [0.4, 0.5) is 0 Å². The Hall–Kier alpha value is -1.91. The molecule has 0 saturated heterocycles. The van der Waals surface area contributed by atoms with Crippen LogP contribution >= 0.6 is 0 Å². The Morgan fingerprint density at radius 2 is 2.11 bits per heavy atom. The molecular weight excluding hydrogens is 242 g/mol. The number of hydrogen-bond donors (Lipinski definition) is 1. The Morgan fingerprint density at radius 1 is 1.32 bits per heavy atom. The second-order valence-electron chi connectivity index (χ2n) is 5.27. The van der Waals surface area contributed by atoms with Crippen molar-refractivity contribution in [3.8, 4) is 0 Å². The normalized spacial score (nSPS) is 16.8. The van der Waals surface area contributed by atoms with E-state index in [0.717, 1.165) is 18.0 Å². The fraction of sp³-hybridized carbons (Fsp3) is 0.500. The summed E-state index contributed by atoms with van der Waals surface area (Å²) in [6, 6.07) is 1.50. The van der Waals surface area contributed by atoms with Crippen LogP contribution in [0.2, 0.25) is 0 Å². The van der Waals surface area contributed by atoms with Crippen LogP contribution in [0.1, 0.15) is 48.3 Å². The lowest BCUT2D eigenvalue weighted by molar-refractivity contribution is 0.0690. The number of hydrogen-bond acceptors (Lipinski definition) is 3. The Kier molecular flexibility index (Phi) is 3.19. The van der Waals surface area contributed by atoms with Gasteiger partial charge in [-0.05, 0) is 18.4 Å². The molecule has 1 fully saturated rings. The Morgan fingerprint density at radius 3 is 2.84 bits per heavy atom. The molecule has 2 heterocycles. The van der Waals surface area contributed by atoms with Crippen molar-refractivity contribution >= 4 is 11.7 Å². The third-order valence-corrected chi connectivity index (χ3v) is 3.82. The number of aromatic carboxylic acids is 1. The van der Waals surface area contributed by atoms with E-state index in [4.69, 9.17) is 5.11 Å². The summed E-state index contributed by atoms with van der Waals surface area (Å²) in [6.07, 6.45) is 11.2. The van der Waals surface area contributed by atoms with E-state index in [-0.39, 0.29) is 5.69 Å². The first-order chi connectivity index (χ1) is 9.22. The Labute approximate surface area is 111 Å². The van der Waals surface area contributed by atoms with Crippen LogP contribution in [0.5, 0.6) is 0 Å². The quantitative estimate of drug-likeness (QED) is 0.919. The fourth-order valence-corrected chi connectivity index (χ4v) is 2.83. The highest BCUT2D eigenvalue weighted by Gasteiger charge is 2.16. The highest BCUT2D eigenvalue weighted by Crippen LogP contribution is 2.26. The molecule has 1 saturated carbocycles. The van der Waals surface area contributed by atoms with Crippen molar-refractivity contribution in [3.05, 3.63) is 29.8 Å². The molecule has 0 unspecified atom stereocenters. The number of imidazole rings is 1. The summed E-state index contributed by atoms with van der Waals surface area (Å²) >= 11 is 0. The van der Waals surface area contributed by atoms with Gasteiger partial charge in [-0.25, -0.2) is 14.8 Å². The van der Waals surface area contributed by atoms with E-state index in [1.165, 1.54) is 38.2 Å². The minimum Gasteiger partial charge on any atom is -0.477 e. The highest BCUT2D eigenvalue weighted by atomic mass is 16.4. The lowest BCUT2D eigenvalue weighted by Gasteiger charge is -2.20. The van der Waals surface area contributed by atoms with Crippen LogP contribution in [0.3, 0.4) is 0 Å². The maximum atomic E-state index is 10.9. The van der Waals surface area contributed by atoms with Gasteiger partial charge in [-0.2, -0.15) is 0 Å². The summed E-state index contributed by atoms with van der Waals surface area (Å²) in [6.45, 7) is 0. The van der Waals surface area contributed by atoms with Crippen LogP contribution in [-0.4, -0.2) is 25.4 Å². The zero-order chi connectivity index (χ0) is 13.2. The Bertz CT molecular complexity index is 600. The molecule has 5 nitrogen and oxygen atoms in total. The van der Waals surface area contributed by atoms with Crippen molar-refractivity contribution in [2.75, 3.05) is 0 Å². The minimum atomic E-state index is -1.01. The molecular formula is C14H17N3O2. The van der Waals surface area contributed by atoms with Gasteiger partial charge >= 0.3 is 5.97 Å². The molecule has 2 aromatic heterocycles. The molecule has 100 valence electrons. The van der Waals surface area contributed by atoms with Crippen molar-refractivity contribution in [1.29, 1.82) is 0 Å². The Balaban J connectivity index is 1.82. The first-order valence-corrected chi connectivity index (χ1v) is 6.80. The molecule has 1 aliphatic rings. The molecule has 0 atom stereocenters.